The maximum absolute atomic E-state index is 4.90. The Balaban J connectivity index is 1.78. The Labute approximate surface area is 305 Å². The van der Waals surface area contributed by atoms with Gasteiger partial charge in [0.2, 0.25) is 0 Å². The van der Waals surface area contributed by atoms with Crippen LogP contribution in [0.2, 0.25) is 0 Å². The number of hydrogen-bond acceptors (Lipinski definition) is 5. The molecule has 0 amide bonds. The molecule has 3 N–H and O–H groups in total. The van der Waals surface area contributed by atoms with Gasteiger partial charge in [0.1, 0.15) is 0 Å². The summed E-state index contributed by atoms with van der Waals surface area (Å²) in [6.45, 7) is 35.8. The normalized spacial score (nSPS) is 14.7. The summed E-state index contributed by atoms with van der Waals surface area (Å²) in [6, 6.07) is 21.4. The molecule has 1 heterocycles. The standard InChI is InChI=1S/C45H67N5/c1-11-21-41(35(6)49-43(34(5)45(9,10)14-4)30-39-24-19-16-20-25-39)47-36(7)42(27-26-38-22-17-15-18-23-38)48-37(8)44-31-40(32-46-44)33-50(28-12-2)29-13-3/h15-20,22-25,31,41-43,47-49H,5-8,11-14,21,26-30,32-33H2,1-4,9-10H3/t41-,42-,43-/m0/s1. The van der Waals surface area contributed by atoms with Gasteiger partial charge in [0.15, 0.2) is 0 Å². The van der Waals surface area contributed by atoms with E-state index in [2.05, 4.69) is 155 Å². The average molecular weight is 678 g/mol. The number of benzene rings is 2. The van der Waals surface area contributed by atoms with Gasteiger partial charge in [-0.3, -0.25) is 9.89 Å². The first kappa shape index (κ1) is 40.6. The molecule has 5 heteroatoms. The third-order valence-corrected chi connectivity index (χ3v) is 10.1. The molecule has 0 bridgehead atoms. The van der Waals surface area contributed by atoms with Crippen molar-refractivity contribution < 1.29 is 0 Å². The Morgan fingerprint density at radius 1 is 0.740 bits per heavy atom. The van der Waals surface area contributed by atoms with Crippen molar-refractivity contribution in [1.82, 2.24) is 20.9 Å². The van der Waals surface area contributed by atoms with Crippen molar-refractivity contribution in [3.05, 3.63) is 132 Å². The van der Waals surface area contributed by atoms with Crippen LogP contribution in [0.3, 0.4) is 0 Å². The fraction of sp³-hybridized carbons (Fsp3) is 0.489. The predicted molar refractivity (Wildman–Crippen MR) is 219 cm³/mol. The van der Waals surface area contributed by atoms with Gasteiger partial charge in [0.25, 0.3) is 0 Å². The molecule has 0 spiro atoms. The molecule has 0 aromatic heterocycles. The molecule has 0 saturated heterocycles. The van der Waals surface area contributed by atoms with Crippen molar-refractivity contribution in [2.45, 2.75) is 111 Å². The quantitative estimate of drug-likeness (QED) is 0.0917. The largest absolute Gasteiger partial charge is 0.380 e. The molecule has 0 saturated carbocycles. The van der Waals surface area contributed by atoms with Crippen molar-refractivity contribution in [1.29, 1.82) is 0 Å². The van der Waals surface area contributed by atoms with Gasteiger partial charge in [-0.25, -0.2) is 0 Å². The number of aryl methyl sites for hydroxylation is 1. The van der Waals surface area contributed by atoms with Crippen LogP contribution < -0.4 is 16.0 Å². The lowest BCUT2D eigenvalue weighted by Gasteiger charge is -2.36. The molecule has 5 nitrogen and oxygen atoms in total. The van der Waals surface area contributed by atoms with Crippen molar-refractivity contribution in [3.63, 3.8) is 0 Å². The van der Waals surface area contributed by atoms with Crippen LogP contribution in [0.25, 0.3) is 0 Å². The molecular weight excluding hydrogens is 611 g/mol. The first-order valence-electron chi connectivity index (χ1n) is 19.1. The minimum Gasteiger partial charge on any atom is -0.380 e. The van der Waals surface area contributed by atoms with Crippen LogP contribution in [-0.4, -0.2) is 54.9 Å². The highest BCUT2D eigenvalue weighted by atomic mass is 15.1. The summed E-state index contributed by atoms with van der Waals surface area (Å²) in [5, 5.41) is 11.4. The van der Waals surface area contributed by atoms with Gasteiger partial charge in [0, 0.05) is 17.9 Å². The summed E-state index contributed by atoms with van der Waals surface area (Å²) in [7, 11) is 0. The lowest BCUT2D eigenvalue weighted by atomic mass is 9.77. The average Bonchev–Trinajstić information content (AvgIpc) is 3.58. The van der Waals surface area contributed by atoms with Crippen LogP contribution in [0, 0.1) is 5.41 Å². The van der Waals surface area contributed by atoms with E-state index >= 15 is 0 Å². The van der Waals surface area contributed by atoms with Gasteiger partial charge in [0.05, 0.1) is 36.1 Å². The Morgan fingerprint density at radius 2 is 1.30 bits per heavy atom. The maximum Gasteiger partial charge on any atom is 0.0804 e. The zero-order chi connectivity index (χ0) is 36.5. The Morgan fingerprint density at radius 3 is 1.86 bits per heavy atom. The molecule has 0 aliphatic carbocycles. The van der Waals surface area contributed by atoms with Gasteiger partial charge in [-0.2, -0.15) is 0 Å². The summed E-state index contributed by atoms with van der Waals surface area (Å²) in [6.07, 6.45) is 10.2. The smallest absolute Gasteiger partial charge is 0.0804 e. The van der Waals surface area contributed by atoms with Gasteiger partial charge >= 0.3 is 0 Å². The third kappa shape index (κ3) is 12.8. The zero-order valence-electron chi connectivity index (χ0n) is 32.3. The number of nitrogens with one attached hydrogen (secondary N) is 3. The molecule has 3 atom stereocenters. The number of allylic oxidation sites excluding steroid dienone is 1. The molecule has 2 aromatic carbocycles. The molecule has 3 rings (SSSR count). The second-order valence-corrected chi connectivity index (χ2v) is 14.7. The molecule has 0 unspecified atom stereocenters. The second kappa shape index (κ2) is 20.7. The highest BCUT2D eigenvalue weighted by Crippen LogP contribution is 2.33. The van der Waals surface area contributed by atoms with E-state index in [-0.39, 0.29) is 23.5 Å². The van der Waals surface area contributed by atoms with Crippen LogP contribution in [0.1, 0.15) is 91.2 Å². The molecule has 0 radical (unpaired) electrons. The third-order valence-electron chi connectivity index (χ3n) is 10.1. The molecule has 2 aromatic rings. The molecule has 272 valence electrons. The predicted octanol–water partition coefficient (Wildman–Crippen LogP) is 9.57. The molecule has 50 heavy (non-hydrogen) atoms. The summed E-state index contributed by atoms with van der Waals surface area (Å²) in [5.41, 5.74) is 8.86. The van der Waals surface area contributed by atoms with Crippen LogP contribution in [0.4, 0.5) is 0 Å². The van der Waals surface area contributed by atoms with Crippen LogP contribution >= 0.6 is 0 Å². The van der Waals surface area contributed by atoms with Crippen molar-refractivity contribution >= 4 is 5.71 Å². The summed E-state index contributed by atoms with van der Waals surface area (Å²) >= 11 is 0. The monoisotopic (exact) mass is 678 g/mol. The molecule has 1 aliphatic heterocycles. The Bertz CT molecular complexity index is 1430. The summed E-state index contributed by atoms with van der Waals surface area (Å²) < 4.78 is 0. The van der Waals surface area contributed by atoms with E-state index in [1.165, 1.54) is 22.3 Å². The van der Waals surface area contributed by atoms with E-state index in [4.69, 9.17) is 4.99 Å². The van der Waals surface area contributed by atoms with Crippen molar-refractivity contribution in [2.24, 2.45) is 10.4 Å². The van der Waals surface area contributed by atoms with E-state index < -0.39 is 0 Å². The minimum absolute atomic E-state index is 0.00161. The van der Waals surface area contributed by atoms with Crippen LogP contribution in [0.15, 0.2) is 126 Å². The maximum atomic E-state index is 4.90. The van der Waals surface area contributed by atoms with Gasteiger partial charge in [-0.15, -0.1) is 0 Å². The molecular formula is C45H67N5. The fourth-order valence-electron chi connectivity index (χ4n) is 6.59. The van der Waals surface area contributed by atoms with Gasteiger partial charge in [-0.1, -0.05) is 135 Å². The van der Waals surface area contributed by atoms with Crippen molar-refractivity contribution in [3.8, 4) is 0 Å². The van der Waals surface area contributed by atoms with E-state index in [0.29, 0.717) is 0 Å². The first-order valence-corrected chi connectivity index (χ1v) is 19.1. The minimum atomic E-state index is -0.0409. The highest BCUT2D eigenvalue weighted by molar-refractivity contribution is 6.09. The van der Waals surface area contributed by atoms with Crippen molar-refractivity contribution in [2.75, 3.05) is 26.2 Å². The lowest BCUT2D eigenvalue weighted by Crippen LogP contribution is -2.46. The topological polar surface area (TPSA) is 51.7 Å². The van der Waals surface area contributed by atoms with E-state index in [9.17, 15) is 0 Å². The van der Waals surface area contributed by atoms with Gasteiger partial charge < -0.3 is 16.0 Å². The molecule has 0 fully saturated rings. The highest BCUT2D eigenvalue weighted by Gasteiger charge is 2.28. The van der Waals surface area contributed by atoms with Gasteiger partial charge in [-0.05, 0) is 91.8 Å². The second-order valence-electron chi connectivity index (χ2n) is 14.7. The fourth-order valence-corrected chi connectivity index (χ4v) is 6.59. The number of aliphatic imine (C=N–C) groups is 1. The van der Waals surface area contributed by atoms with Crippen LogP contribution in [-0.2, 0) is 12.8 Å². The van der Waals surface area contributed by atoms with Crippen LogP contribution in [0.5, 0.6) is 0 Å². The van der Waals surface area contributed by atoms with E-state index in [0.717, 1.165) is 100 Å². The summed E-state index contributed by atoms with van der Waals surface area (Å²) in [4.78, 5) is 7.44. The lowest BCUT2D eigenvalue weighted by molar-refractivity contribution is 0.297. The number of hydrogen-bond donors (Lipinski definition) is 3. The first-order chi connectivity index (χ1) is 24.0. The number of nitrogens with zero attached hydrogens (tertiary/aromatic N) is 2. The van der Waals surface area contributed by atoms with E-state index in [1.807, 2.05) is 0 Å². The summed E-state index contributed by atoms with van der Waals surface area (Å²) in [5.74, 6) is 0. The zero-order valence-corrected chi connectivity index (χ0v) is 32.3. The van der Waals surface area contributed by atoms with E-state index in [1.54, 1.807) is 0 Å². The Kier molecular flexibility index (Phi) is 16.8. The number of rotatable bonds is 25. The molecule has 1 aliphatic rings. The SMILES string of the molecule is C=C(N[C@@H](CCc1ccccc1)C(=C)N[C@@H](CCC)C(=C)N[C@@H](Cc1ccccc1)C(=C)C(C)(C)CC)C1=NCC(CN(CCC)CCC)=C1. The Hall–Kier alpha value is -3.83.